The van der Waals surface area contributed by atoms with Gasteiger partial charge in [-0.15, -0.1) is 0 Å². The van der Waals surface area contributed by atoms with E-state index >= 15 is 0 Å². The summed E-state index contributed by atoms with van der Waals surface area (Å²) >= 11 is 0. The van der Waals surface area contributed by atoms with Gasteiger partial charge in [0, 0.05) is 0 Å². The molecular formula is C18H26. The van der Waals surface area contributed by atoms with Gasteiger partial charge in [0.05, 0.1) is 0 Å². The molecule has 98 valence electrons. The van der Waals surface area contributed by atoms with Gasteiger partial charge in [0.2, 0.25) is 0 Å². The highest BCUT2D eigenvalue weighted by atomic mass is 14.1. The highest BCUT2D eigenvalue weighted by Gasteiger charge is 2.03. The molecule has 18 heavy (non-hydrogen) atoms. The molecule has 0 aliphatic rings. The molecule has 0 aliphatic carbocycles. The van der Waals surface area contributed by atoms with Crippen LogP contribution in [-0.4, -0.2) is 0 Å². The van der Waals surface area contributed by atoms with Crippen molar-refractivity contribution in [1.82, 2.24) is 0 Å². The van der Waals surface area contributed by atoms with Gasteiger partial charge in [0.25, 0.3) is 0 Å². The van der Waals surface area contributed by atoms with Crippen molar-refractivity contribution < 1.29 is 0 Å². The lowest BCUT2D eigenvalue weighted by Gasteiger charge is -2.10. The first kappa shape index (κ1) is 16.4. The maximum atomic E-state index is 4.13. The second-order valence-corrected chi connectivity index (χ2v) is 4.38. The largest absolute Gasteiger partial charge is 0.0958 e. The molecule has 0 saturated heterocycles. The summed E-state index contributed by atoms with van der Waals surface area (Å²) in [6.45, 7) is 22.5. The molecule has 0 unspecified atom stereocenters. The Labute approximate surface area is 113 Å². The fourth-order valence-corrected chi connectivity index (χ4v) is 1.39. The Morgan fingerprint density at radius 3 is 1.78 bits per heavy atom. The van der Waals surface area contributed by atoms with E-state index in [9.17, 15) is 0 Å². The Hall–Kier alpha value is -1.56. The Morgan fingerprint density at radius 1 is 0.778 bits per heavy atom. The molecule has 0 spiro atoms. The summed E-state index contributed by atoms with van der Waals surface area (Å²) in [7, 11) is 0. The third kappa shape index (κ3) is 5.67. The van der Waals surface area contributed by atoms with Crippen molar-refractivity contribution in [3.8, 4) is 0 Å². The van der Waals surface area contributed by atoms with Crippen molar-refractivity contribution in [3.05, 3.63) is 72.4 Å². The van der Waals surface area contributed by atoms with Crippen molar-refractivity contribution in [3.63, 3.8) is 0 Å². The molecule has 0 aromatic carbocycles. The molecule has 0 heteroatoms. The SMILES string of the molecule is C=C(/C=C\C(=C)C(=C)/C(=C\C(=C)CC)CC)CC. The number of hydrogen-bond donors (Lipinski definition) is 0. The zero-order chi connectivity index (χ0) is 14.1. The standard InChI is InChI=1S/C18H26/c1-8-14(4)11-12-16(6)17(7)18(10-3)13-15(5)9-2/h11-13H,4-10H2,1-3H3/b12-11-,18-13-. The van der Waals surface area contributed by atoms with Gasteiger partial charge in [-0.1, -0.05) is 76.5 Å². The van der Waals surface area contributed by atoms with E-state index in [1.165, 1.54) is 5.57 Å². The Bertz CT molecular complexity index is 400. The summed E-state index contributed by atoms with van der Waals surface area (Å²) in [5.41, 5.74) is 5.37. The highest BCUT2D eigenvalue weighted by molar-refractivity contribution is 5.51. The van der Waals surface area contributed by atoms with E-state index < -0.39 is 0 Å². The van der Waals surface area contributed by atoms with Crippen LogP contribution < -0.4 is 0 Å². The zero-order valence-electron chi connectivity index (χ0n) is 12.2. The van der Waals surface area contributed by atoms with Gasteiger partial charge in [0.1, 0.15) is 0 Å². The second-order valence-electron chi connectivity index (χ2n) is 4.38. The van der Waals surface area contributed by atoms with Gasteiger partial charge < -0.3 is 0 Å². The Balaban J connectivity index is 4.86. The lowest BCUT2D eigenvalue weighted by Crippen LogP contribution is -1.90. The van der Waals surface area contributed by atoms with Crippen LogP contribution in [0.25, 0.3) is 0 Å². The molecular weight excluding hydrogens is 216 g/mol. The Morgan fingerprint density at radius 2 is 1.33 bits per heavy atom. The van der Waals surface area contributed by atoms with Crippen LogP contribution in [0.1, 0.15) is 40.0 Å². The molecule has 0 atom stereocenters. The summed E-state index contributed by atoms with van der Waals surface area (Å²) in [4.78, 5) is 0. The molecule has 0 saturated carbocycles. The summed E-state index contributed by atoms with van der Waals surface area (Å²) in [5, 5.41) is 0. The van der Waals surface area contributed by atoms with E-state index in [2.05, 4.69) is 53.2 Å². The summed E-state index contributed by atoms with van der Waals surface area (Å²) < 4.78 is 0. The predicted molar refractivity (Wildman–Crippen MR) is 84.7 cm³/mol. The molecule has 0 heterocycles. The molecule has 0 aromatic heterocycles. The predicted octanol–water partition coefficient (Wildman–Crippen LogP) is 5.92. The monoisotopic (exact) mass is 242 g/mol. The fraction of sp³-hybridized carbons (Fsp3) is 0.333. The highest BCUT2D eigenvalue weighted by Crippen LogP contribution is 2.22. The minimum atomic E-state index is 0.944. The van der Waals surface area contributed by atoms with Crippen LogP contribution in [0.15, 0.2) is 72.4 Å². The minimum absolute atomic E-state index is 0.944. The van der Waals surface area contributed by atoms with Crippen molar-refractivity contribution in [2.24, 2.45) is 0 Å². The normalized spacial score (nSPS) is 11.6. The van der Waals surface area contributed by atoms with E-state index in [1.54, 1.807) is 0 Å². The van der Waals surface area contributed by atoms with Crippen LogP contribution in [0.3, 0.4) is 0 Å². The minimum Gasteiger partial charge on any atom is -0.0958 e. The van der Waals surface area contributed by atoms with Gasteiger partial charge in [-0.3, -0.25) is 0 Å². The van der Waals surface area contributed by atoms with Gasteiger partial charge >= 0.3 is 0 Å². The molecule has 0 bridgehead atoms. The molecule has 0 nitrogen and oxygen atoms in total. The molecule has 0 fully saturated rings. The van der Waals surface area contributed by atoms with Gasteiger partial charge in [-0.25, -0.2) is 0 Å². The zero-order valence-corrected chi connectivity index (χ0v) is 12.2. The average molecular weight is 242 g/mol. The van der Waals surface area contributed by atoms with Crippen molar-refractivity contribution in [1.29, 1.82) is 0 Å². The Kier molecular flexibility index (Phi) is 7.78. The third-order valence-electron chi connectivity index (χ3n) is 2.96. The first-order valence-corrected chi connectivity index (χ1v) is 6.58. The van der Waals surface area contributed by atoms with Crippen molar-refractivity contribution in [2.75, 3.05) is 0 Å². The lowest BCUT2D eigenvalue weighted by atomic mass is 9.95. The summed E-state index contributed by atoms with van der Waals surface area (Å²) in [6.07, 6.45) is 8.99. The first-order chi connectivity index (χ1) is 8.46. The van der Waals surface area contributed by atoms with Crippen LogP contribution in [0.5, 0.6) is 0 Å². The maximum absolute atomic E-state index is 4.13. The number of rotatable bonds is 8. The summed E-state index contributed by atoms with van der Waals surface area (Å²) in [5.74, 6) is 0. The van der Waals surface area contributed by atoms with Crippen LogP contribution in [0, 0.1) is 0 Å². The number of hydrogen-bond acceptors (Lipinski definition) is 0. The van der Waals surface area contributed by atoms with E-state index in [4.69, 9.17) is 0 Å². The maximum Gasteiger partial charge on any atom is -0.0230 e. The van der Waals surface area contributed by atoms with Gasteiger partial charge in [-0.05, 0) is 36.0 Å². The van der Waals surface area contributed by atoms with E-state index in [-0.39, 0.29) is 0 Å². The molecule has 0 radical (unpaired) electrons. The van der Waals surface area contributed by atoms with Gasteiger partial charge in [-0.2, -0.15) is 0 Å². The van der Waals surface area contributed by atoms with Crippen LogP contribution in [0.4, 0.5) is 0 Å². The van der Waals surface area contributed by atoms with Crippen LogP contribution in [0.2, 0.25) is 0 Å². The van der Waals surface area contributed by atoms with Crippen LogP contribution in [-0.2, 0) is 0 Å². The fourth-order valence-electron chi connectivity index (χ4n) is 1.39. The van der Waals surface area contributed by atoms with Crippen LogP contribution >= 0.6 is 0 Å². The summed E-state index contributed by atoms with van der Waals surface area (Å²) in [6, 6.07) is 0. The van der Waals surface area contributed by atoms with Gasteiger partial charge in [0.15, 0.2) is 0 Å². The number of allylic oxidation sites excluding steroid dienone is 8. The molecule has 0 amide bonds. The third-order valence-corrected chi connectivity index (χ3v) is 2.96. The topological polar surface area (TPSA) is 0 Å². The van der Waals surface area contributed by atoms with Crippen molar-refractivity contribution >= 4 is 0 Å². The molecule has 0 aromatic rings. The first-order valence-electron chi connectivity index (χ1n) is 6.58. The quantitative estimate of drug-likeness (QED) is 0.463. The van der Waals surface area contributed by atoms with Crippen molar-refractivity contribution in [2.45, 2.75) is 40.0 Å². The molecule has 0 N–H and O–H groups in total. The van der Waals surface area contributed by atoms with E-state index in [0.29, 0.717) is 0 Å². The smallest absolute Gasteiger partial charge is 0.0230 e. The molecule has 0 aliphatic heterocycles. The van der Waals surface area contributed by atoms with E-state index in [1.807, 2.05) is 12.2 Å². The lowest BCUT2D eigenvalue weighted by molar-refractivity contribution is 1.09. The molecule has 0 rings (SSSR count). The van der Waals surface area contributed by atoms with E-state index in [0.717, 1.165) is 41.6 Å². The average Bonchev–Trinajstić information content (AvgIpc) is 2.40. The second kappa shape index (κ2) is 8.52.